The Morgan fingerprint density at radius 3 is 1.86 bits per heavy atom. The number of rotatable bonds is 26. The second kappa shape index (κ2) is 26.2. The lowest BCUT2D eigenvalue weighted by molar-refractivity contribution is -0.147. The highest BCUT2D eigenvalue weighted by molar-refractivity contribution is 5.80. The summed E-state index contributed by atoms with van der Waals surface area (Å²) in [5.74, 6) is -1.33. The van der Waals surface area contributed by atoms with Crippen molar-refractivity contribution in [2.75, 3.05) is 6.54 Å². The van der Waals surface area contributed by atoms with Gasteiger partial charge in [0.25, 0.3) is 0 Å². The molecule has 2 N–H and O–H groups in total. The molecule has 0 fully saturated rings. The fourth-order valence-corrected chi connectivity index (χ4v) is 4.19. The van der Waals surface area contributed by atoms with Crippen LogP contribution < -0.4 is 5.32 Å². The molecule has 6 heteroatoms. The Morgan fingerprint density at radius 2 is 1.25 bits per heavy atom. The van der Waals surface area contributed by atoms with Crippen LogP contribution in [-0.2, 0) is 19.1 Å². The van der Waals surface area contributed by atoms with Gasteiger partial charge in [-0.1, -0.05) is 103 Å². The normalized spacial score (nSPS) is 12.1. The first kappa shape index (κ1) is 34.1. The Hall–Kier alpha value is -1.85. The molecule has 1 amide bonds. The molecule has 0 aliphatic carbocycles. The first-order valence-electron chi connectivity index (χ1n) is 14.8. The number of carbonyl (C=O) groups is 3. The van der Waals surface area contributed by atoms with Gasteiger partial charge in [0.15, 0.2) is 0 Å². The summed E-state index contributed by atoms with van der Waals surface area (Å²) in [4.78, 5) is 34.5. The smallest absolute Gasteiger partial charge is 0.322 e. The van der Waals surface area contributed by atoms with Crippen LogP contribution in [0.2, 0.25) is 0 Å². The first-order valence-corrected chi connectivity index (χ1v) is 14.8. The van der Waals surface area contributed by atoms with Gasteiger partial charge in [0.05, 0.1) is 0 Å². The molecule has 0 spiro atoms. The zero-order valence-electron chi connectivity index (χ0n) is 23.4. The van der Waals surface area contributed by atoms with Crippen molar-refractivity contribution in [1.82, 2.24) is 5.32 Å². The van der Waals surface area contributed by atoms with Crippen LogP contribution in [-0.4, -0.2) is 35.6 Å². The molecule has 0 saturated heterocycles. The number of esters is 1. The van der Waals surface area contributed by atoms with Crippen molar-refractivity contribution in [2.45, 2.75) is 155 Å². The Labute approximate surface area is 221 Å². The van der Waals surface area contributed by atoms with E-state index in [-0.39, 0.29) is 24.5 Å². The second-order valence-corrected chi connectivity index (χ2v) is 10.0. The first-order chi connectivity index (χ1) is 17.5. The zero-order chi connectivity index (χ0) is 26.7. The maximum atomic E-state index is 12.4. The predicted molar refractivity (Wildman–Crippen MR) is 148 cm³/mol. The van der Waals surface area contributed by atoms with Gasteiger partial charge in [-0.15, -0.1) is 0 Å². The number of carboxylic acids is 1. The van der Waals surface area contributed by atoms with E-state index in [2.05, 4.69) is 31.3 Å². The maximum Gasteiger partial charge on any atom is 0.322 e. The summed E-state index contributed by atoms with van der Waals surface area (Å²) in [5.41, 5.74) is 0. The minimum absolute atomic E-state index is 0.0899. The number of hydrogen-bond donors (Lipinski definition) is 2. The van der Waals surface area contributed by atoms with Crippen molar-refractivity contribution in [1.29, 1.82) is 0 Å². The molecule has 6 nitrogen and oxygen atoms in total. The quantitative estimate of drug-likeness (QED) is 0.0702. The van der Waals surface area contributed by atoms with Crippen LogP contribution in [0.4, 0.5) is 0 Å². The molecule has 1 unspecified atom stereocenters. The summed E-state index contributed by atoms with van der Waals surface area (Å²) < 4.78 is 5.79. The molecule has 36 heavy (non-hydrogen) atoms. The molecule has 0 aromatic heterocycles. The summed E-state index contributed by atoms with van der Waals surface area (Å²) in [5, 5.41) is 11.0. The summed E-state index contributed by atoms with van der Waals surface area (Å²) in [6.45, 7) is 4.12. The van der Waals surface area contributed by atoms with Gasteiger partial charge >= 0.3 is 11.9 Å². The number of unbranched alkanes of at least 4 members (excludes halogenated alkanes) is 15. The number of nitrogens with one attached hydrogen (secondary N) is 1. The van der Waals surface area contributed by atoms with Gasteiger partial charge in [-0.25, -0.2) is 0 Å². The molecule has 0 aliphatic rings. The van der Waals surface area contributed by atoms with Crippen LogP contribution in [0.1, 0.15) is 149 Å². The van der Waals surface area contributed by atoms with Crippen LogP contribution in [0, 0.1) is 0 Å². The number of ether oxygens (including phenoxy) is 1. The summed E-state index contributed by atoms with van der Waals surface area (Å²) in [6.07, 6.45) is 26.3. The minimum Gasteiger partial charge on any atom is -0.480 e. The van der Waals surface area contributed by atoms with Crippen molar-refractivity contribution in [2.24, 2.45) is 0 Å². The van der Waals surface area contributed by atoms with Crippen molar-refractivity contribution in [3.63, 3.8) is 0 Å². The highest BCUT2D eigenvalue weighted by Gasteiger charge is 2.11. The van der Waals surface area contributed by atoms with Crippen LogP contribution in [0.3, 0.4) is 0 Å². The lowest BCUT2D eigenvalue weighted by Crippen LogP contribution is -2.28. The molecule has 0 bridgehead atoms. The van der Waals surface area contributed by atoms with E-state index in [9.17, 15) is 14.4 Å². The van der Waals surface area contributed by atoms with Gasteiger partial charge in [-0.2, -0.15) is 0 Å². The van der Waals surface area contributed by atoms with Crippen molar-refractivity contribution in [3.8, 4) is 0 Å². The lowest BCUT2D eigenvalue weighted by Gasteiger charge is -2.15. The predicted octanol–water partition coefficient (Wildman–Crippen LogP) is 7.89. The van der Waals surface area contributed by atoms with E-state index in [0.29, 0.717) is 12.8 Å². The largest absolute Gasteiger partial charge is 0.480 e. The molecule has 1 atom stereocenters. The minimum atomic E-state index is -1.03. The number of hydrogen-bond acceptors (Lipinski definition) is 4. The SMILES string of the molecule is CCCCC/C=C\C(CCCCCCC(=O)NCC(=O)O)OC(=O)CCCCCCCCCCCC. The number of aliphatic carboxylic acids is 1. The maximum absolute atomic E-state index is 12.4. The third kappa shape index (κ3) is 25.2. The Morgan fingerprint density at radius 1 is 0.722 bits per heavy atom. The molecule has 0 rings (SSSR count). The fourth-order valence-electron chi connectivity index (χ4n) is 4.19. The third-order valence-corrected chi connectivity index (χ3v) is 6.42. The molecule has 0 saturated carbocycles. The van der Waals surface area contributed by atoms with E-state index in [1.165, 1.54) is 64.2 Å². The molecule has 0 aromatic rings. The van der Waals surface area contributed by atoms with E-state index in [4.69, 9.17) is 9.84 Å². The third-order valence-electron chi connectivity index (χ3n) is 6.42. The van der Waals surface area contributed by atoms with E-state index in [1.807, 2.05) is 0 Å². The number of carboxylic acid groups (broad SMARTS) is 1. The van der Waals surface area contributed by atoms with Crippen molar-refractivity contribution >= 4 is 17.8 Å². The molecule has 210 valence electrons. The van der Waals surface area contributed by atoms with Crippen LogP contribution >= 0.6 is 0 Å². The van der Waals surface area contributed by atoms with Gasteiger partial charge in [0, 0.05) is 12.8 Å². The monoisotopic (exact) mass is 509 g/mol. The summed E-state index contributed by atoms with van der Waals surface area (Å²) >= 11 is 0. The number of carbonyl (C=O) groups excluding carboxylic acids is 2. The number of allylic oxidation sites excluding steroid dienone is 1. The van der Waals surface area contributed by atoms with Crippen LogP contribution in [0.5, 0.6) is 0 Å². The standard InChI is InChI=1S/C30H55NO5/c1-3-5-7-9-10-11-12-13-15-21-25-30(35)36-27(22-18-14-8-6-4-2)23-19-16-17-20-24-28(32)31-26-29(33)34/h18,22,27H,3-17,19-21,23-26H2,1-2H3,(H,31,32)(H,33,34)/b22-18-. The molecule has 0 radical (unpaired) electrons. The average Bonchev–Trinajstić information content (AvgIpc) is 2.85. The highest BCUT2D eigenvalue weighted by atomic mass is 16.5. The van der Waals surface area contributed by atoms with E-state index in [1.54, 1.807) is 0 Å². The van der Waals surface area contributed by atoms with Crippen LogP contribution in [0.15, 0.2) is 12.2 Å². The summed E-state index contributed by atoms with van der Waals surface area (Å²) in [6, 6.07) is 0. The summed E-state index contributed by atoms with van der Waals surface area (Å²) in [7, 11) is 0. The van der Waals surface area contributed by atoms with E-state index >= 15 is 0 Å². The second-order valence-electron chi connectivity index (χ2n) is 10.0. The van der Waals surface area contributed by atoms with Crippen LogP contribution in [0.25, 0.3) is 0 Å². The van der Waals surface area contributed by atoms with Gasteiger partial charge in [-0.3, -0.25) is 14.4 Å². The van der Waals surface area contributed by atoms with Gasteiger partial charge in [0.1, 0.15) is 12.6 Å². The van der Waals surface area contributed by atoms with Crippen molar-refractivity contribution < 1.29 is 24.2 Å². The van der Waals surface area contributed by atoms with Gasteiger partial charge in [0.2, 0.25) is 5.91 Å². The molecular weight excluding hydrogens is 454 g/mol. The van der Waals surface area contributed by atoms with E-state index in [0.717, 1.165) is 57.8 Å². The highest BCUT2D eigenvalue weighted by Crippen LogP contribution is 2.15. The Kier molecular flexibility index (Phi) is 24.9. The zero-order valence-corrected chi connectivity index (χ0v) is 23.4. The molecule has 0 heterocycles. The molecular formula is C30H55NO5. The molecule has 0 aromatic carbocycles. The lowest BCUT2D eigenvalue weighted by atomic mass is 10.1. The molecule has 0 aliphatic heterocycles. The topological polar surface area (TPSA) is 92.7 Å². The van der Waals surface area contributed by atoms with Gasteiger partial charge in [-0.05, 0) is 44.6 Å². The average molecular weight is 510 g/mol. The fraction of sp³-hybridized carbons (Fsp3) is 0.833. The van der Waals surface area contributed by atoms with Gasteiger partial charge < -0.3 is 15.2 Å². The van der Waals surface area contributed by atoms with Crippen molar-refractivity contribution in [3.05, 3.63) is 12.2 Å². The number of amides is 1. The van der Waals surface area contributed by atoms with E-state index < -0.39 is 5.97 Å². The Bertz CT molecular complexity index is 576. The Balaban J connectivity index is 4.09.